The van der Waals surface area contributed by atoms with E-state index in [1.54, 1.807) is 24.3 Å². The van der Waals surface area contributed by atoms with E-state index in [9.17, 15) is 9.59 Å². The fourth-order valence-electron chi connectivity index (χ4n) is 1.58. The van der Waals surface area contributed by atoms with Crippen LogP contribution in [0.3, 0.4) is 0 Å². The molecule has 0 aliphatic heterocycles. The number of Topliss-reactive ketones (excluding diaryl/α,β-unsaturated/α-hetero) is 2. The van der Waals surface area contributed by atoms with E-state index >= 15 is 0 Å². The lowest BCUT2D eigenvalue weighted by atomic mass is 10.1. The highest BCUT2D eigenvalue weighted by molar-refractivity contribution is 5.95. The highest BCUT2D eigenvalue weighted by Crippen LogP contribution is 2.14. The Morgan fingerprint density at radius 3 is 2.28 bits per heavy atom. The van der Waals surface area contributed by atoms with Crippen LogP contribution in [0.1, 0.15) is 49.9 Å². The summed E-state index contributed by atoms with van der Waals surface area (Å²) in [6, 6.07) is 7.14. The first-order chi connectivity index (χ1) is 8.67. The van der Waals surface area contributed by atoms with E-state index in [1.807, 2.05) is 13.8 Å². The van der Waals surface area contributed by atoms with Gasteiger partial charge >= 0.3 is 0 Å². The second kappa shape index (κ2) is 7.64. The standard InChI is InChI=1S/C15H20O3/c1-3-13(16)6-5-11-18-14-9-7-12(8-10-14)15(17)4-2/h7-10H,3-6,11H2,1-2H3. The summed E-state index contributed by atoms with van der Waals surface area (Å²) in [5.41, 5.74) is 0.714. The molecule has 0 heterocycles. The molecule has 0 aliphatic carbocycles. The largest absolute Gasteiger partial charge is 0.494 e. The molecule has 0 amide bonds. The molecule has 0 saturated carbocycles. The SMILES string of the molecule is CCC(=O)CCCOc1ccc(C(=O)CC)cc1. The molecule has 0 N–H and O–H groups in total. The summed E-state index contributed by atoms with van der Waals surface area (Å²) < 4.78 is 5.51. The van der Waals surface area contributed by atoms with Crippen LogP contribution < -0.4 is 4.74 Å². The Hall–Kier alpha value is -1.64. The van der Waals surface area contributed by atoms with E-state index in [1.165, 1.54) is 0 Å². The van der Waals surface area contributed by atoms with Gasteiger partial charge in [-0.05, 0) is 30.7 Å². The van der Waals surface area contributed by atoms with Gasteiger partial charge in [-0.2, -0.15) is 0 Å². The lowest BCUT2D eigenvalue weighted by molar-refractivity contribution is -0.118. The third-order valence-electron chi connectivity index (χ3n) is 2.76. The predicted octanol–water partition coefficient (Wildman–Crippen LogP) is 3.42. The van der Waals surface area contributed by atoms with Gasteiger partial charge in [-0.3, -0.25) is 9.59 Å². The van der Waals surface area contributed by atoms with Crippen LogP contribution in [0, 0.1) is 0 Å². The molecule has 1 aromatic carbocycles. The topological polar surface area (TPSA) is 43.4 Å². The van der Waals surface area contributed by atoms with Crippen molar-refractivity contribution < 1.29 is 14.3 Å². The molecule has 0 saturated heterocycles. The van der Waals surface area contributed by atoms with Crippen LogP contribution in [0.25, 0.3) is 0 Å². The molecule has 0 aliphatic rings. The number of ether oxygens (including phenoxy) is 1. The predicted molar refractivity (Wildman–Crippen MR) is 71.1 cm³/mol. The molecule has 0 spiro atoms. The Morgan fingerprint density at radius 1 is 1.06 bits per heavy atom. The van der Waals surface area contributed by atoms with Crippen molar-refractivity contribution in [2.75, 3.05) is 6.61 Å². The first kappa shape index (κ1) is 14.4. The van der Waals surface area contributed by atoms with Gasteiger partial charge in [-0.15, -0.1) is 0 Å². The maximum absolute atomic E-state index is 11.4. The normalized spacial score (nSPS) is 10.1. The number of hydrogen-bond acceptors (Lipinski definition) is 3. The molecule has 0 unspecified atom stereocenters. The average molecular weight is 248 g/mol. The van der Waals surface area contributed by atoms with Gasteiger partial charge in [0.1, 0.15) is 11.5 Å². The number of hydrogen-bond donors (Lipinski definition) is 0. The van der Waals surface area contributed by atoms with Crippen LogP contribution in [0.15, 0.2) is 24.3 Å². The summed E-state index contributed by atoms with van der Waals surface area (Å²) in [6.45, 7) is 4.25. The molecule has 3 nitrogen and oxygen atoms in total. The molecule has 1 rings (SSSR count). The Morgan fingerprint density at radius 2 is 1.72 bits per heavy atom. The molecule has 0 bridgehead atoms. The first-order valence-electron chi connectivity index (χ1n) is 6.45. The van der Waals surface area contributed by atoms with Crippen LogP contribution in [0.2, 0.25) is 0 Å². The monoisotopic (exact) mass is 248 g/mol. The van der Waals surface area contributed by atoms with Crippen molar-refractivity contribution in [1.29, 1.82) is 0 Å². The lowest BCUT2D eigenvalue weighted by Crippen LogP contribution is -2.02. The van der Waals surface area contributed by atoms with Crippen molar-refractivity contribution in [3.8, 4) is 5.75 Å². The number of carbonyl (C=O) groups excluding carboxylic acids is 2. The molecule has 0 radical (unpaired) electrons. The van der Waals surface area contributed by atoms with Crippen LogP contribution in [-0.4, -0.2) is 18.2 Å². The maximum atomic E-state index is 11.4. The maximum Gasteiger partial charge on any atom is 0.162 e. The van der Waals surface area contributed by atoms with E-state index in [2.05, 4.69) is 0 Å². The van der Waals surface area contributed by atoms with E-state index in [0.29, 0.717) is 31.4 Å². The Balaban J connectivity index is 2.35. The molecule has 3 heteroatoms. The van der Waals surface area contributed by atoms with Gasteiger partial charge in [0.2, 0.25) is 0 Å². The van der Waals surface area contributed by atoms with Crippen molar-refractivity contribution in [1.82, 2.24) is 0 Å². The van der Waals surface area contributed by atoms with Gasteiger partial charge in [0.25, 0.3) is 0 Å². The minimum atomic E-state index is 0.134. The smallest absolute Gasteiger partial charge is 0.162 e. The van der Waals surface area contributed by atoms with Gasteiger partial charge in [-0.1, -0.05) is 13.8 Å². The van der Waals surface area contributed by atoms with E-state index in [0.717, 1.165) is 12.2 Å². The molecule has 98 valence electrons. The van der Waals surface area contributed by atoms with E-state index in [-0.39, 0.29) is 11.6 Å². The molecular weight excluding hydrogens is 228 g/mol. The summed E-state index contributed by atoms with van der Waals surface area (Å²) in [5.74, 6) is 1.14. The second-order valence-corrected chi connectivity index (χ2v) is 4.15. The minimum Gasteiger partial charge on any atom is -0.494 e. The number of rotatable bonds is 8. The van der Waals surface area contributed by atoms with Crippen molar-refractivity contribution in [3.05, 3.63) is 29.8 Å². The molecular formula is C15H20O3. The Kier molecular flexibility index (Phi) is 6.12. The summed E-state index contributed by atoms with van der Waals surface area (Å²) in [6.07, 6.45) is 2.42. The van der Waals surface area contributed by atoms with Crippen LogP contribution >= 0.6 is 0 Å². The van der Waals surface area contributed by atoms with Gasteiger partial charge in [0.05, 0.1) is 6.61 Å². The van der Waals surface area contributed by atoms with Crippen LogP contribution in [0.4, 0.5) is 0 Å². The zero-order chi connectivity index (χ0) is 13.4. The van der Waals surface area contributed by atoms with Gasteiger partial charge in [0, 0.05) is 24.8 Å². The van der Waals surface area contributed by atoms with Crippen molar-refractivity contribution in [3.63, 3.8) is 0 Å². The van der Waals surface area contributed by atoms with Gasteiger partial charge < -0.3 is 4.74 Å². The number of benzene rings is 1. The average Bonchev–Trinajstić information content (AvgIpc) is 2.43. The van der Waals surface area contributed by atoms with Crippen LogP contribution in [0.5, 0.6) is 5.75 Å². The molecule has 0 fully saturated rings. The van der Waals surface area contributed by atoms with Crippen molar-refractivity contribution >= 4 is 11.6 Å². The van der Waals surface area contributed by atoms with Crippen molar-refractivity contribution in [2.45, 2.75) is 39.5 Å². The Bertz CT molecular complexity index is 393. The quantitative estimate of drug-likeness (QED) is 0.523. The zero-order valence-electron chi connectivity index (χ0n) is 11.1. The third-order valence-corrected chi connectivity index (χ3v) is 2.76. The first-order valence-corrected chi connectivity index (χ1v) is 6.45. The molecule has 1 aromatic rings. The highest BCUT2D eigenvalue weighted by atomic mass is 16.5. The highest BCUT2D eigenvalue weighted by Gasteiger charge is 2.03. The molecule has 0 atom stereocenters. The van der Waals surface area contributed by atoms with Crippen LogP contribution in [-0.2, 0) is 4.79 Å². The number of carbonyl (C=O) groups is 2. The third kappa shape index (κ3) is 4.70. The summed E-state index contributed by atoms with van der Waals surface area (Å²) >= 11 is 0. The summed E-state index contributed by atoms with van der Waals surface area (Å²) in [5, 5.41) is 0. The summed E-state index contributed by atoms with van der Waals surface area (Å²) in [4.78, 5) is 22.5. The lowest BCUT2D eigenvalue weighted by Gasteiger charge is -2.06. The Labute approximate surface area is 108 Å². The van der Waals surface area contributed by atoms with E-state index in [4.69, 9.17) is 4.74 Å². The van der Waals surface area contributed by atoms with E-state index < -0.39 is 0 Å². The van der Waals surface area contributed by atoms with Crippen molar-refractivity contribution in [2.24, 2.45) is 0 Å². The molecule has 18 heavy (non-hydrogen) atoms. The second-order valence-electron chi connectivity index (χ2n) is 4.15. The fraction of sp³-hybridized carbons (Fsp3) is 0.467. The minimum absolute atomic E-state index is 0.134. The fourth-order valence-corrected chi connectivity index (χ4v) is 1.58. The van der Waals surface area contributed by atoms with Gasteiger partial charge in [0.15, 0.2) is 5.78 Å². The molecule has 0 aromatic heterocycles. The number of ketones is 2. The summed E-state index contributed by atoms with van der Waals surface area (Å²) in [7, 11) is 0. The zero-order valence-corrected chi connectivity index (χ0v) is 11.1. The van der Waals surface area contributed by atoms with Gasteiger partial charge in [-0.25, -0.2) is 0 Å².